The Bertz CT molecular complexity index is 2300. The molecule has 3 heteroatoms. The molecule has 7 rings (SSSR count). The van der Waals surface area contributed by atoms with Crippen LogP contribution in [0.25, 0.3) is 66.1 Å². The third-order valence-corrected chi connectivity index (χ3v) is 8.73. The lowest BCUT2D eigenvalue weighted by molar-refractivity contribution is 1.05. The predicted molar refractivity (Wildman–Crippen MR) is 202 cm³/mol. The van der Waals surface area contributed by atoms with Gasteiger partial charge in [-0.2, -0.15) is 0 Å². The van der Waals surface area contributed by atoms with Crippen molar-refractivity contribution in [2.24, 2.45) is 11.5 Å². The maximum Gasteiger partial charge on any atom is 0.0619 e. The van der Waals surface area contributed by atoms with Crippen molar-refractivity contribution in [2.45, 2.75) is 12.8 Å². The minimum Gasteiger partial charge on any atom is -0.405 e. The Labute approximate surface area is 276 Å². The molecule has 4 N–H and O–H groups in total. The Morgan fingerprint density at radius 2 is 1.23 bits per heavy atom. The van der Waals surface area contributed by atoms with Crippen molar-refractivity contribution in [3.8, 4) is 27.9 Å². The highest BCUT2D eigenvalue weighted by Crippen LogP contribution is 2.39. The van der Waals surface area contributed by atoms with E-state index in [2.05, 4.69) is 156 Å². The molecule has 3 nitrogen and oxygen atoms in total. The average Bonchev–Trinajstić information content (AvgIpc) is 3.47. The topological polar surface area (TPSA) is 57.0 Å². The van der Waals surface area contributed by atoms with Crippen molar-refractivity contribution in [3.05, 3.63) is 182 Å². The fourth-order valence-corrected chi connectivity index (χ4v) is 6.44. The van der Waals surface area contributed by atoms with Gasteiger partial charge in [0.25, 0.3) is 0 Å². The SMILES string of the molecule is N/C=C\C=C/CC/C=C\C(=C/N)c1ccc2c3ccc4cc(-c5cccc(-c6ccccc6)c5)ccc4c3n(-c3ccccc3)c2c1. The van der Waals surface area contributed by atoms with Crippen LogP contribution in [0.5, 0.6) is 0 Å². The van der Waals surface area contributed by atoms with Crippen LogP contribution in [-0.4, -0.2) is 4.57 Å². The number of hydrogen-bond acceptors (Lipinski definition) is 2. The highest BCUT2D eigenvalue weighted by molar-refractivity contribution is 6.19. The second kappa shape index (κ2) is 13.5. The third kappa shape index (κ3) is 5.99. The third-order valence-electron chi connectivity index (χ3n) is 8.73. The highest BCUT2D eigenvalue weighted by Gasteiger charge is 2.16. The fourth-order valence-electron chi connectivity index (χ4n) is 6.44. The molecule has 0 spiro atoms. The lowest BCUT2D eigenvalue weighted by Crippen LogP contribution is -1.95. The molecule has 7 aromatic rings. The number of rotatable bonds is 9. The van der Waals surface area contributed by atoms with Gasteiger partial charge in [0.1, 0.15) is 0 Å². The van der Waals surface area contributed by atoms with Crippen molar-refractivity contribution < 1.29 is 0 Å². The molecule has 0 amide bonds. The average molecular weight is 608 g/mol. The summed E-state index contributed by atoms with van der Waals surface area (Å²) < 4.78 is 2.40. The van der Waals surface area contributed by atoms with Crippen LogP contribution >= 0.6 is 0 Å². The first-order valence-electron chi connectivity index (χ1n) is 16.1. The van der Waals surface area contributed by atoms with Crippen LogP contribution in [0.4, 0.5) is 0 Å². The van der Waals surface area contributed by atoms with Crippen molar-refractivity contribution >= 4 is 38.2 Å². The van der Waals surface area contributed by atoms with Crippen LogP contribution in [0.3, 0.4) is 0 Å². The van der Waals surface area contributed by atoms with Gasteiger partial charge in [-0.3, -0.25) is 0 Å². The minimum atomic E-state index is 0.920. The number of benzene rings is 6. The highest BCUT2D eigenvalue weighted by atomic mass is 15.0. The van der Waals surface area contributed by atoms with Gasteiger partial charge in [0.15, 0.2) is 0 Å². The summed E-state index contributed by atoms with van der Waals surface area (Å²) in [4.78, 5) is 0. The number of fused-ring (bicyclic) bond motifs is 5. The maximum atomic E-state index is 6.18. The first kappa shape index (κ1) is 29.6. The van der Waals surface area contributed by atoms with Gasteiger partial charge >= 0.3 is 0 Å². The fraction of sp³-hybridized carbons (Fsp3) is 0.0455. The number of nitrogens with two attached hydrogens (primary N) is 2. The second-order valence-electron chi connectivity index (χ2n) is 11.7. The number of unbranched alkanes of at least 4 members (excludes halogenated alkanes) is 1. The first-order chi connectivity index (χ1) is 23.2. The summed E-state index contributed by atoms with van der Waals surface area (Å²) >= 11 is 0. The number of nitrogens with zero attached hydrogens (tertiary/aromatic N) is 1. The summed E-state index contributed by atoms with van der Waals surface area (Å²) in [6.07, 6.45) is 15.3. The van der Waals surface area contributed by atoms with Gasteiger partial charge in [-0.05, 0) is 94.2 Å². The van der Waals surface area contributed by atoms with Crippen LogP contribution in [0.15, 0.2) is 176 Å². The van der Waals surface area contributed by atoms with Crippen LogP contribution < -0.4 is 11.5 Å². The van der Waals surface area contributed by atoms with E-state index in [0.717, 1.165) is 35.2 Å². The molecule has 0 atom stereocenters. The van der Waals surface area contributed by atoms with Crippen molar-refractivity contribution in [1.29, 1.82) is 0 Å². The van der Waals surface area contributed by atoms with Crippen molar-refractivity contribution in [2.75, 3.05) is 0 Å². The Morgan fingerprint density at radius 1 is 0.553 bits per heavy atom. The Morgan fingerprint density at radius 3 is 2.02 bits per heavy atom. The van der Waals surface area contributed by atoms with Gasteiger partial charge in [0, 0.05) is 28.0 Å². The van der Waals surface area contributed by atoms with Gasteiger partial charge < -0.3 is 16.0 Å². The smallest absolute Gasteiger partial charge is 0.0619 e. The van der Waals surface area contributed by atoms with Crippen molar-refractivity contribution in [1.82, 2.24) is 4.57 Å². The van der Waals surface area contributed by atoms with Crippen LogP contribution in [-0.2, 0) is 0 Å². The monoisotopic (exact) mass is 607 g/mol. The molecule has 0 unspecified atom stereocenters. The zero-order chi connectivity index (χ0) is 32.0. The summed E-state index contributed by atoms with van der Waals surface area (Å²) in [5.41, 5.74) is 22.0. The molecule has 0 aliphatic rings. The summed E-state index contributed by atoms with van der Waals surface area (Å²) in [6, 6.07) is 48.1. The first-order valence-corrected chi connectivity index (χ1v) is 16.1. The molecular formula is C44H37N3. The molecule has 228 valence electrons. The molecule has 0 aliphatic carbocycles. The van der Waals surface area contributed by atoms with E-state index in [1.54, 1.807) is 12.4 Å². The molecular weight excluding hydrogens is 571 g/mol. The van der Waals surface area contributed by atoms with Gasteiger partial charge in [-0.1, -0.05) is 127 Å². The lowest BCUT2D eigenvalue weighted by atomic mass is 9.96. The molecule has 47 heavy (non-hydrogen) atoms. The van der Waals surface area contributed by atoms with E-state index in [0.29, 0.717) is 0 Å². The zero-order valence-electron chi connectivity index (χ0n) is 26.3. The Hall–Kier alpha value is -6.06. The molecule has 0 aliphatic heterocycles. The van der Waals surface area contributed by atoms with E-state index in [4.69, 9.17) is 11.5 Å². The van der Waals surface area contributed by atoms with E-state index in [1.807, 2.05) is 12.2 Å². The molecule has 0 saturated heterocycles. The van der Waals surface area contributed by atoms with Gasteiger partial charge in [0.2, 0.25) is 0 Å². The second-order valence-corrected chi connectivity index (χ2v) is 11.7. The number of para-hydroxylation sites is 1. The molecule has 0 saturated carbocycles. The summed E-state index contributed by atoms with van der Waals surface area (Å²) in [7, 11) is 0. The Balaban J connectivity index is 1.33. The summed E-state index contributed by atoms with van der Waals surface area (Å²) in [5, 5.41) is 4.88. The van der Waals surface area contributed by atoms with E-state index in [1.165, 1.54) is 49.3 Å². The van der Waals surface area contributed by atoms with Gasteiger partial charge in [-0.25, -0.2) is 0 Å². The van der Waals surface area contributed by atoms with E-state index >= 15 is 0 Å². The Kier molecular flexibility index (Phi) is 8.52. The van der Waals surface area contributed by atoms with E-state index in [9.17, 15) is 0 Å². The van der Waals surface area contributed by atoms with Crippen molar-refractivity contribution in [3.63, 3.8) is 0 Å². The summed E-state index contributed by atoms with van der Waals surface area (Å²) in [5.74, 6) is 0. The van der Waals surface area contributed by atoms with Crippen LogP contribution in [0, 0.1) is 0 Å². The van der Waals surface area contributed by atoms with Crippen LogP contribution in [0.2, 0.25) is 0 Å². The van der Waals surface area contributed by atoms with E-state index < -0.39 is 0 Å². The lowest BCUT2D eigenvalue weighted by Gasteiger charge is -2.12. The predicted octanol–water partition coefficient (Wildman–Crippen LogP) is 10.9. The van der Waals surface area contributed by atoms with Gasteiger partial charge in [0.05, 0.1) is 11.0 Å². The molecule has 0 radical (unpaired) electrons. The molecule has 0 bridgehead atoms. The standard InChI is InChI=1S/C44H37N3/c45-27-12-4-2-1-3-7-16-38(31-46)36-22-25-41-42-26-23-37-29-35(34-18-13-17-33(28-34)32-14-8-5-9-15-32)21-24-40(37)44(42)47(43(41)30-36)39-19-10-6-11-20-39/h2,4-31H,1,3,45-46H2/b4-2-,16-7-,27-12-,38-31+. The molecule has 6 aromatic carbocycles. The molecule has 0 fully saturated rings. The number of aromatic nitrogens is 1. The van der Waals surface area contributed by atoms with Crippen LogP contribution in [0.1, 0.15) is 18.4 Å². The maximum absolute atomic E-state index is 6.18. The minimum absolute atomic E-state index is 0.920. The normalized spacial score (nSPS) is 12.5. The molecule has 1 aromatic heterocycles. The zero-order valence-corrected chi connectivity index (χ0v) is 26.3. The summed E-state index contributed by atoms with van der Waals surface area (Å²) in [6.45, 7) is 0. The quantitative estimate of drug-likeness (QED) is 0.127. The largest absolute Gasteiger partial charge is 0.405 e. The van der Waals surface area contributed by atoms with E-state index in [-0.39, 0.29) is 0 Å². The number of allylic oxidation sites excluding steroid dienone is 6. The molecule has 1 heterocycles. The van der Waals surface area contributed by atoms with Gasteiger partial charge in [-0.15, -0.1) is 0 Å². The number of hydrogen-bond donors (Lipinski definition) is 2.